The topological polar surface area (TPSA) is 0 Å². The van der Waals surface area contributed by atoms with E-state index in [1.165, 1.54) is 5.56 Å². The van der Waals surface area contributed by atoms with E-state index in [0.29, 0.717) is 5.92 Å². The highest BCUT2D eigenvalue weighted by atomic mass is 79.9. The molecule has 0 aromatic heterocycles. The van der Waals surface area contributed by atoms with Gasteiger partial charge in [-0.05, 0) is 23.6 Å². The Morgan fingerprint density at radius 3 is 1.75 bits per heavy atom. The van der Waals surface area contributed by atoms with Gasteiger partial charge in [0.25, 0.3) is 0 Å². The molecule has 0 heterocycles. The molecule has 12 heavy (non-hydrogen) atoms. The van der Waals surface area contributed by atoms with Crippen LogP contribution in [0.2, 0.25) is 0 Å². The van der Waals surface area contributed by atoms with Crippen molar-refractivity contribution >= 4 is 15.9 Å². The number of hydrogen-bond acceptors (Lipinski definition) is 0. The van der Waals surface area contributed by atoms with Crippen molar-refractivity contribution in [3.63, 3.8) is 0 Å². The fourth-order valence-corrected chi connectivity index (χ4v) is 1.11. The molecule has 0 bridgehead atoms. The van der Waals surface area contributed by atoms with Crippen molar-refractivity contribution in [3.8, 4) is 0 Å². The van der Waals surface area contributed by atoms with Crippen molar-refractivity contribution in [1.82, 2.24) is 0 Å². The maximum Gasteiger partial charge on any atom is 0.0175 e. The minimum atomic E-state index is 0.632. The van der Waals surface area contributed by atoms with Crippen molar-refractivity contribution in [1.29, 1.82) is 0 Å². The molecule has 0 atom stereocenters. The van der Waals surface area contributed by atoms with Gasteiger partial charge in [0.2, 0.25) is 0 Å². The molecule has 1 rings (SSSR count). The van der Waals surface area contributed by atoms with Crippen LogP contribution in [0.25, 0.3) is 0 Å². The van der Waals surface area contributed by atoms with E-state index in [2.05, 4.69) is 54.0 Å². The van der Waals surface area contributed by atoms with Gasteiger partial charge in [-0.3, -0.25) is 0 Å². The third kappa shape index (κ3) is 3.91. The summed E-state index contributed by atoms with van der Waals surface area (Å²) in [5.41, 5.74) is 1.39. The lowest BCUT2D eigenvalue weighted by Gasteiger charge is -2.03. The Kier molecular flexibility index (Phi) is 6.09. The summed E-state index contributed by atoms with van der Waals surface area (Å²) in [7, 11) is 0. The van der Waals surface area contributed by atoms with Crippen LogP contribution < -0.4 is 0 Å². The van der Waals surface area contributed by atoms with Crippen molar-refractivity contribution in [3.05, 3.63) is 34.3 Å². The van der Waals surface area contributed by atoms with Crippen LogP contribution in [0.3, 0.4) is 0 Å². The quantitative estimate of drug-likeness (QED) is 0.660. The maximum atomic E-state index is 3.39. The second kappa shape index (κ2) is 6.24. The predicted molar refractivity (Wildman–Crippen MR) is 59.6 cm³/mol. The molecule has 0 aliphatic carbocycles. The smallest absolute Gasteiger partial charge is 0.0175 e. The molecular formula is C11H17Br. The van der Waals surface area contributed by atoms with Crippen molar-refractivity contribution in [2.75, 3.05) is 0 Å². The first kappa shape index (κ1) is 11.7. The lowest BCUT2D eigenvalue weighted by Crippen LogP contribution is -1.84. The van der Waals surface area contributed by atoms with E-state index in [1.54, 1.807) is 0 Å². The van der Waals surface area contributed by atoms with Crippen molar-refractivity contribution in [2.24, 2.45) is 0 Å². The van der Waals surface area contributed by atoms with E-state index in [9.17, 15) is 0 Å². The fourth-order valence-electron chi connectivity index (χ4n) is 0.848. The van der Waals surface area contributed by atoms with Gasteiger partial charge in [-0.25, -0.2) is 0 Å². The van der Waals surface area contributed by atoms with Gasteiger partial charge in [-0.1, -0.05) is 55.8 Å². The van der Waals surface area contributed by atoms with Gasteiger partial charge in [0.1, 0.15) is 0 Å². The first-order valence-corrected chi connectivity index (χ1v) is 5.25. The highest BCUT2D eigenvalue weighted by Crippen LogP contribution is 2.16. The number of benzene rings is 1. The normalized spacial score (nSPS) is 9.17. The van der Waals surface area contributed by atoms with Crippen LogP contribution in [0, 0.1) is 0 Å². The third-order valence-corrected chi connectivity index (χ3v) is 2.07. The molecule has 0 fully saturated rings. The minimum Gasteiger partial charge on any atom is -0.0683 e. The predicted octanol–water partition coefficient (Wildman–Crippen LogP) is 4.60. The Bertz CT molecular complexity index is 199. The van der Waals surface area contributed by atoms with Crippen LogP contribution in [0.1, 0.15) is 39.2 Å². The first-order chi connectivity index (χ1) is 5.70. The SMILES string of the molecule is CC.CC(C)c1ccc(Br)cc1. The van der Waals surface area contributed by atoms with E-state index in [1.807, 2.05) is 13.8 Å². The molecule has 0 aliphatic rings. The molecule has 0 saturated carbocycles. The molecule has 68 valence electrons. The zero-order valence-corrected chi connectivity index (χ0v) is 9.85. The molecule has 1 heteroatoms. The first-order valence-electron chi connectivity index (χ1n) is 4.45. The standard InChI is InChI=1S/C9H11Br.C2H6/c1-7(2)8-3-5-9(10)6-4-8;1-2/h3-7H,1-2H3;1-2H3. The summed E-state index contributed by atoms with van der Waals surface area (Å²) in [5.74, 6) is 0.632. The van der Waals surface area contributed by atoms with E-state index in [0.717, 1.165) is 4.47 Å². The molecule has 0 spiro atoms. The fraction of sp³-hybridized carbons (Fsp3) is 0.455. The molecule has 0 radical (unpaired) electrons. The molecule has 1 aromatic carbocycles. The lowest BCUT2D eigenvalue weighted by atomic mass is 10.0. The molecule has 0 nitrogen and oxygen atoms in total. The van der Waals surface area contributed by atoms with E-state index < -0.39 is 0 Å². The van der Waals surface area contributed by atoms with Crippen LogP contribution in [0.15, 0.2) is 28.7 Å². The second-order valence-electron chi connectivity index (χ2n) is 2.71. The van der Waals surface area contributed by atoms with Gasteiger partial charge in [0.15, 0.2) is 0 Å². The average molecular weight is 229 g/mol. The Balaban J connectivity index is 0.000000561. The van der Waals surface area contributed by atoms with Crippen LogP contribution in [-0.4, -0.2) is 0 Å². The number of rotatable bonds is 1. The summed E-state index contributed by atoms with van der Waals surface area (Å²) in [4.78, 5) is 0. The minimum absolute atomic E-state index is 0.632. The van der Waals surface area contributed by atoms with Crippen LogP contribution in [0.5, 0.6) is 0 Å². The van der Waals surface area contributed by atoms with Crippen LogP contribution in [-0.2, 0) is 0 Å². The van der Waals surface area contributed by atoms with Gasteiger partial charge in [-0.2, -0.15) is 0 Å². The third-order valence-electron chi connectivity index (χ3n) is 1.54. The summed E-state index contributed by atoms with van der Waals surface area (Å²) >= 11 is 3.39. The summed E-state index contributed by atoms with van der Waals surface area (Å²) in [6, 6.07) is 8.45. The molecule has 0 N–H and O–H groups in total. The molecule has 0 amide bonds. The van der Waals surface area contributed by atoms with Crippen molar-refractivity contribution < 1.29 is 0 Å². The Hall–Kier alpha value is -0.300. The van der Waals surface area contributed by atoms with Crippen LogP contribution in [0.4, 0.5) is 0 Å². The van der Waals surface area contributed by atoms with E-state index >= 15 is 0 Å². The highest BCUT2D eigenvalue weighted by Gasteiger charge is 1.95. The van der Waals surface area contributed by atoms with Gasteiger partial charge < -0.3 is 0 Å². The lowest BCUT2D eigenvalue weighted by molar-refractivity contribution is 0.866. The van der Waals surface area contributed by atoms with E-state index in [-0.39, 0.29) is 0 Å². The summed E-state index contributed by atoms with van der Waals surface area (Å²) in [6.07, 6.45) is 0. The zero-order chi connectivity index (χ0) is 9.56. The Morgan fingerprint density at radius 2 is 1.42 bits per heavy atom. The maximum absolute atomic E-state index is 3.39. The van der Waals surface area contributed by atoms with Gasteiger partial charge >= 0.3 is 0 Å². The molecule has 0 saturated heterocycles. The summed E-state index contributed by atoms with van der Waals surface area (Å²) in [5, 5.41) is 0. The van der Waals surface area contributed by atoms with Gasteiger partial charge in [0.05, 0.1) is 0 Å². The van der Waals surface area contributed by atoms with E-state index in [4.69, 9.17) is 0 Å². The van der Waals surface area contributed by atoms with Crippen molar-refractivity contribution in [2.45, 2.75) is 33.6 Å². The van der Waals surface area contributed by atoms with Gasteiger partial charge in [-0.15, -0.1) is 0 Å². The largest absolute Gasteiger partial charge is 0.0683 e. The highest BCUT2D eigenvalue weighted by molar-refractivity contribution is 9.10. The molecule has 0 unspecified atom stereocenters. The molecule has 1 aromatic rings. The number of halogens is 1. The zero-order valence-electron chi connectivity index (χ0n) is 8.26. The number of hydrogen-bond donors (Lipinski definition) is 0. The molecule has 0 aliphatic heterocycles. The van der Waals surface area contributed by atoms with Gasteiger partial charge in [0, 0.05) is 4.47 Å². The Labute approximate surface area is 84.1 Å². The van der Waals surface area contributed by atoms with Crippen LogP contribution >= 0.6 is 15.9 Å². The summed E-state index contributed by atoms with van der Waals surface area (Å²) in [6.45, 7) is 8.40. The monoisotopic (exact) mass is 228 g/mol. The molecular weight excluding hydrogens is 212 g/mol. The summed E-state index contributed by atoms with van der Waals surface area (Å²) < 4.78 is 1.15. The average Bonchev–Trinajstić information content (AvgIpc) is 2.09. The Morgan fingerprint density at radius 1 is 1.00 bits per heavy atom. The second-order valence-corrected chi connectivity index (χ2v) is 3.62.